The van der Waals surface area contributed by atoms with Crippen LogP contribution in [0.2, 0.25) is 0 Å². The van der Waals surface area contributed by atoms with Gasteiger partial charge in [0.1, 0.15) is 0 Å². The third kappa shape index (κ3) is 1.07. The van der Waals surface area contributed by atoms with Gasteiger partial charge in [0, 0.05) is 6.07 Å². The standard InChI is InChI=1S/C7H5F2/c1-5-3-2-4-6(8)7(5)9/h2-3H,1H3. The lowest BCUT2D eigenvalue weighted by Gasteiger charge is -1.92. The summed E-state index contributed by atoms with van der Waals surface area (Å²) in [4.78, 5) is 0. The minimum Gasteiger partial charge on any atom is -0.203 e. The van der Waals surface area contributed by atoms with Crippen LogP contribution in [-0.4, -0.2) is 0 Å². The monoisotopic (exact) mass is 127 g/mol. The first-order valence-electron chi connectivity index (χ1n) is 2.54. The van der Waals surface area contributed by atoms with E-state index in [1.54, 1.807) is 0 Å². The fourth-order valence-corrected chi connectivity index (χ4v) is 0.549. The Balaban J connectivity index is 3.25. The largest absolute Gasteiger partial charge is 0.203 e. The Kier molecular flexibility index (Phi) is 1.47. The molecule has 0 atom stereocenters. The highest BCUT2D eigenvalue weighted by molar-refractivity contribution is 5.15. The maximum Gasteiger partial charge on any atom is 0.167 e. The Morgan fingerprint density at radius 1 is 1.44 bits per heavy atom. The Hall–Kier alpha value is -0.920. The first-order chi connectivity index (χ1) is 4.22. The van der Waals surface area contributed by atoms with E-state index in [9.17, 15) is 8.78 Å². The van der Waals surface area contributed by atoms with Gasteiger partial charge in [-0.3, -0.25) is 0 Å². The van der Waals surface area contributed by atoms with Crippen molar-refractivity contribution in [3.63, 3.8) is 0 Å². The zero-order chi connectivity index (χ0) is 6.85. The van der Waals surface area contributed by atoms with Crippen LogP contribution in [-0.2, 0) is 0 Å². The molecule has 0 aromatic heterocycles. The van der Waals surface area contributed by atoms with Crippen LogP contribution < -0.4 is 0 Å². The minimum absolute atomic E-state index is 0.311. The van der Waals surface area contributed by atoms with Crippen molar-refractivity contribution in [3.05, 3.63) is 35.4 Å². The summed E-state index contributed by atoms with van der Waals surface area (Å²) >= 11 is 0. The van der Waals surface area contributed by atoms with Crippen molar-refractivity contribution in [1.29, 1.82) is 0 Å². The summed E-state index contributed by atoms with van der Waals surface area (Å²) in [7, 11) is 0. The van der Waals surface area contributed by atoms with Gasteiger partial charge in [-0.15, -0.1) is 0 Å². The topological polar surface area (TPSA) is 0 Å². The maximum absolute atomic E-state index is 12.3. The maximum atomic E-state index is 12.3. The number of hydrogen-bond donors (Lipinski definition) is 0. The number of aryl methyl sites for hydroxylation is 1. The fraction of sp³-hybridized carbons (Fsp3) is 0.143. The van der Waals surface area contributed by atoms with Crippen molar-refractivity contribution in [2.75, 3.05) is 0 Å². The molecule has 1 radical (unpaired) electrons. The van der Waals surface area contributed by atoms with Crippen molar-refractivity contribution in [2.24, 2.45) is 0 Å². The van der Waals surface area contributed by atoms with Gasteiger partial charge in [-0.1, -0.05) is 12.1 Å². The Bertz CT molecular complexity index is 198. The van der Waals surface area contributed by atoms with Gasteiger partial charge in [-0.05, 0) is 12.5 Å². The summed E-state index contributed by atoms with van der Waals surface area (Å²) in [6.45, 7) is 1.51. The van der Waals surface area contributed by atoms with Gasteiger partial charge in [0.2, 0.25) is 0 Å². The van der Waals surface area contributed by atoms with E-state index >= 15 is 0 Å². The van der Waals surface area contributed by atoms with Crippen molar-refractivity contribution in [2.45, 2.75) is 6.92 Å². The summed E-state index contributed by atoms with van der Waals surface area (Å²) in [6, 6.07) is 4.92. The van der Waals surface area contributed by atoms with Crippen LogP contribution in [0.3, 0.4) is 0 Å². The van der Waals surface area contributed by atoms with Crippen molar-refractivity contribution in [3.8, 4) is 0 Å². The molecule has 1 rings (SSSR count). The second kappa shape index (κ2) is 2.13. The van der Waals surface area contributed by atoms with Crippen LogP contribution in [0.5, 0.6) is 0 Å². The van der Waals surface area contributed by atoms with E-state index in [0.717, 1.165) is 0 Å². The van der Waals surface area contributed by atoms with Crippen molar-refractivity contribution in [1.82, 2.24) is 0 Å². The van der Waals surface area contributed by atoms with E-state index in [1.807, 2.05) is 0 Å². The van der Waals surface area contributed by atoms with Gasteiger partial charge < -0.3 is 0 Å². The molecule has 0 N–H and O–H groups in total. The molecule has 47 valence electrons. The third-order valence-electron chi connectivity index (χ3n) is 1.08. The average molecular weight is 127 g/mol. The summed E-state index contributed by atoms with van der Waals surface area (Å²) in [5, 5.41) is 0. The molecule has 0 bridgehead atoms. The molecule has 0 spiro atoms. The average Bonchev–Trinajstić information content (AvgIpc) is 1.83. The highest BCUT2D eigenvalue weighted by Gasteiger charge is 2.01. The smallest absolute Gasteiger partial charge is 0.167 e. The second-order valence-corrected chi connectivity index (χ2v) is 1.79. The molecule has 0 saturated heterocycles. The van der Waals surface area contributed by atoms with Crippen LogP contribution in [0.15, 0.2) is 12.1 Å². The van der Waals surface area contributed by atoms with Crippen molar-refractivity contribution < 1.29 is 8.78 Å². The summed E-state index contributed by atoms with van der Waals surface area (Å²) < 4.78 is 24.5. The number of halogens is 2. The van der Waals surface area contributed by atoms with E-state index in [-0.39, 0.29) is 0 Å². The fourth-order valence-electron chi connectivity index (χ4n) is 0.549. The van der Waals surface area contributed by atoms with E-state index in [4.69, 9.17) is 0 Å². The summed E-state index contributed by atoms with van der Waals surface area (Å²) in [6.07, 6.45) is 0. The molecule has 0 aliphatic carbocycles. The Morgan fingerprint density at radius 2 is 2.11 bits per heavy atom. The van der Waals surface area contributed by atoms with Gasteiger partial charge in [-0.2, -0.15) is 0 Å². The zero-order valence-electron chi connectivity index (χ0n) is 4.91. The number of rotatable bonds is 0. The van der Waals surface area contributed by atoms with Gasteiger partial charge >= 0.3 is 0 Å². The Morgan fingerprint density at radius 3 is 2.56 bits per heavy atom. The third-order valence-corrected chi connectivity index (χ3v) is 1.08. The molecular weight excluding hydrogens is 122 g/mol. The number of benzene rings is 1. The van der Waals surface area contributed by atoms with Crippen molar-refractivity contribution >= 4 is 0 Å². The lowest BCUT2D eigenvalue weighted by atomic mass is 10.2. The molecule has 0 aliphatic heterocycles. The van der Waals surface area contributed by atoms with Gasteiger partial charge in [0.05, 0.1) is 0 Å². The molecular formula is C7H5F2. The molecule has 0 amide bonds. The van der Waals surface area contributed by atoms with E-state index in [2.05, 4.69) is 6.07 Å². The van der Waals surface area contributed by atoms with Gasteiger partial charge in [-0.25, -0.2) is 8.78 Å². The molecule has 0 fully saturated rings. The minimum atomic E-state index is -0.907. The number of hydrogen-bond acceptors (Lipinski definition) is 0. The second-order valence-electron chi connectivity index (χ2n) is 1.79. The normalized spacial score (nSPS) is 9.67. The molecule has 1 aromatic carbocycles. The van der Waals surface area contributed by atoms with Crippen LogP contribution in [0, 0.1) is 24.6 Å². The summed E-state index contributed by atoms with van der Waals surface area (Å²) in [5.41, 5.74) is 0.311. The zero-order valence-corrected chi connectivity index (χ0v) is 4.91. The van der Waals surface area contributed by atoms with Crippen LogP contribution >= 0.6 is 0 Å². The molecule has 0 aliphatic rings. The highest BCUT2D eigenvalue weighted by atomic mass is 19.2. The molecule has 1 aromatic rings. The SMILES string of the molecule is Cc1cc[c]c(F)c1F. The summed E-state index contributed by atoms with van der Waals surface area (Å²) in [5.74, 6) is -1.72. The van der Waals surface area contributed by atoms with Gasteiger partial charge in [0.15, 0.2) is 11.6 Å². The quantitative estimate of drug-likeness (QED) is 0.500. The van der Waals surface area contributed by atoms with Crippen LogP contribution in [0.4, 0.5) is 8.78 Å². The molecule has 0 unspecified atom stereocenters. The Labute approximate surface area is 52.1 Å². The first-order valence-corrected chi connectivity index (χ1v) is 2.54. The van der Waals surface area contributed by atoms with E-state index in [1.165, 1.54) is 19.1 Å². The molecule has 0 heterocycles. The van der Waals surface area contributed by atoms with E-state index < -0.39 is 11.6 Å². The first kappa shape index (κ1) is 6.20. The van der Waals surface area contributed by atoms with Gasteiger partial charge in [0.25, 0.3) is 0 Å². The van der Waals surface area contributed by atoms with E-state index in [0.29, 0.717) is 5.56 Å². The lowest BCUT2D eigenvalue weighted by molar-refractivity contribution is 0.501. The van der Waals surface area contributed by atoms with Crippen LogP contribution in [0.25, 0.3) is 0 Å². The van der Waals surface area contributed by atoms with Crippen LogP contribution in [0.1, 0.15) is 5.56 Å². The molecule has 9 heavy (non-hydrogen) atoms. The predicted octanol–water partition coefficient (Wildman–Crippen LogP) is 2.07. The molecule has 2 heteroatoms. The molecule has 0 nitrogen and oxygen atoms in total. The lowest BCUT2D eigenvalue weighted by Crippen LogP contribution is -1.86. The highest BCUT2D eigenvalue weighted by Crippen LogP contribution is 2.07. The molecule has 0 saturated carbocycles. The predicted molar refractivity (Wildman–Crippen MR) is 29.9 cm³/mol.